The molecule has 2 aromatic heterocycles. The van der Waals surface area contributed by atoms with Crippen LogP contribution >= 0.6 is 0 Å². The largest absolute Gasteiger partial charge is 0.480 e. The van der Waals surface area contributed by atoms with E-state index >= 15 is 0 Å². The Morgan fingerprint density at radius 3 is 2.35 bits per heavy atom. The Hall–Kier alpha value is -4.61. The highest BCUT2D eigenvalue weighted by atomic mass is 19.3. The quantitative estimate of drug-likeness (QED) is 0.193. The molecule has 0 saturated carbocycles. The van der Waals surface area contributed by atoms with Gasteiger partial charge in [-0.1, -0.05) is 24.3 Å². The Morgan fingerprint density at radius 2 is 1.67 bits per heavy atom. The first-order valence-corrected chi connectivity index (χ1v) is 15.4. The Kier molecular flexibility index (Phi) is 7.82. The fourth-order valence-electron chi connectivity index (χ4n) is 6.72. The SMILES string of the molecule is Cc1c(-c2nc3c(o2)CCN(C)C3)cccc1-c1cccc(-c2nc3cc(CN4CCC[C@H]4C(=O)O)c(OC(F)F)cc3o2)c1C. The summed E-state index contributed by atoms with van der Waals surface area (Å²) in [4.78, 5) is 25.3. The highest BCUT2D eigenvalue weighted by Crippen LogP contribution is 2.39. The number of carboxylic acids is 1. The molecule has 2 aliphatic heterocycles. The number of hydrogen-bond acceptors (Lipinski definition) is 8. The second-order valence-electron chi connectivity index (χ2n) is 12.1. The van der Waals surface area contributed by atoms with Crippen LogP contribution in [0.4, 0.5) is 8.78 Å². The van der Waals surface area contributed by atoms with Gasteiger partial charge in [-0.05, 0) is 80.7 Å². The number of aliphatic carboxylic acids is 1. The molecule has 0 spiro atoms. The predicted octanol–water partition coefficient (Wildman–Crippen LogP) is 7.07. The molecule has 11 heteroatoms. The summed E-state index contributed by atoms with van der Waals surface area (Å²) in [5.41, 5.74) is 7.86. The molecule has 0 bridgehead atoms. The number of halogens is 2. The zero-order chi connectivity index (χ0) is 32.1. The van der Waals surface area contributed by atoms with E-state index in [4.69, 9.17) is 23.5 Å². The van der Waals surface area contributed by atoms with Crippen molar-refractivity contribution >= 4 is 17.1 Å². The fraction of sp³-hybridized carbons (Fsp3) is 0.343. The minimum Gasteiger partial charge on any atom is -0.480 e. The normalized spacial score (nSPS) is 17.2. The average molecular weight is 629 g/mol. The van der Waals surface area contributed by atoms with Gasteiger partial charge in [0.2, 0.25) is 11.8 Å². The van der Waals surface area contributed by atoms with E-state index in [1.165, 1.54) is 6.07 Å². The van der Waals surface area contributed by atoms with Gasteiger partial charge >= 0.3 is 12.6 Å². The first kappa shape index (κ1) is 30.1. The molecule has 0 radical (unpaired) electrons. The number of likely N-dealkylation sites (tertiary alicyclic amines) is 1. The summed E-state index contributed by atoms with van der Waals surface area (Å²) < 4.78 is 44.0. The summed E-state index contributed by atoms with van der Waals surface area (Å²) in [7, 11) is 2.08. The molecule has 3 aromatic carbocycles. The minimum absolute atomic E-state index is 0.0565. The third kappa shape index (κ3) is 5.54. The lowest BCUT2D eigenvalue weighted by atomic mass is 9.91. The van der Waals surface area contributed by atoms with Gasteiger partial charge in [0.05, 0.1) is 5.69 Å². The first-order chi connectivity index (χ1) is 22.2. The molecule has 4 heterocycles. The Labute approximate surface area is 264 Å². The molecule has 1 N–H and O–H groups in total. The molecule has 2 aliphatic rings. The van der Waals surface area contributed by atoms with Crippen LogP contribution in [0.2, 0.25) is 0 Å². The number of likely N-dealkylation sites (N-methyl/N-ethyl adjacent to an activating group) is 1. The molecule has 1 fully saturated rings. The molecule has 7 rings (SSSR count). The van der Waals surface area contributed by atoms with Gasteiger partial charge in [-0.3, -0.25) is 14.6 Å². The van der Waals surface area contributed by atoms with Crippen LogP contribution in [-0.2, 0) is 24.3 Å². The second-order valence-corrected chi connectivity index (χ2v) is 12.1. The topological polar surface area (TPSA) is 105 Å². The number of alkyl halides is 2. The summed E-state index contributed by atoms with van der Waals surface area (Å²) in [5, 5.41) is 9.61. The van der Waals surface area contributed by atoms with Crippen molar-refractivity contribution in [2.75, 3.05) is 20.1 Å². The fourth-order valence-corrected chi connectivity index (χ4v) is 6.72. The maximum Gasteiger partial charge on any atom is 0.387 e. The number of carbonyl (C=O) groups is 1. The molecule has 5 aromatic rings. The van der Waals surface area contributed by atoms with Crippen LogP contribution in [0.3, 0.4) is 0 Å². The van der Waals surface area contributed by atoms with E-state index in [-0.39, 0.29) is 12.3 Å². The summed E-state index contributed by atoms with van der Waals surface area (Å²) in [6.45, 7) is 3.42. The number of aromatic nitrogens is 2. The molecular weight excluding hydrogens is 594 g/mol. The van der Waals surface area contributed by atoms with E-state index in [9.17, 15) is 18.7 Å². The van der Waals surface area contributed by atoms with Crippen molar-refractivity contribution in [3.05, 3.63) is 76.7 Å². The van der Waals surface area contributed by atoms with Gasteiger partial charge < -0.3 is 18.7 Å². The third-order valence-electron chi connectivity index (χ3n) is 9.15. The van der Waals surface area contributed by atoms with E-state index in [1.54, 1.807) is 11.0 Å². The number of oxazole rings is 2. The van der Waals surface area contributed by atoms with Gasteiger partial charge in [-0.2, -0.15) is 8.78 Å². The Balaban J connectivity index is 1.24. The smallest absolute Gasteiger partial charge is 0.387 e. The monoisotopic (exact) mass is 628 g/mol. The average Bonchev–Trinajstić information content (AvgIpc) is 3.75. The summed E-state index contributed by atoms with van der Waals surface area (Å²) in [6, 6.07) is 14.4. The second kappa shape index (κ2) is 12.0. The van der Waals surface area contributed by atoms with Crippen molar-refractivity contribution in [1.82, 2.24) is 19.8 Å². The van der Waals surface area contributed by atoms with Crippen LogP contribution in [0.1, 0.15) is 41.0 Å². The van der Waals surface area contributed by atoms with E-state index < -0.39 is 18.6 Å². The van der Waals surface area contributed by atoms with E-state index in [1.807, 2.05) is 37.3 Å². The summed E-state index contributed by atoms with van der Waals surface area (Å²) >= 11 is 0. The van der Waals surface area contributed by atoms with Crippen LogP contribution in [0.5, 0.6) is 5.75 Å². The van der Waals surface area contributed by atoms with Gasteiger partial charge in [0, 0.05) is 48.8 Å². The Morgan fingerprint density at radius 1 is 1.00 bits per heavy atom. The maximum atomic E-state index is 13.4. The molecular formula is C35H34F2N4O5. The number of fused-ring (bicyclic) bond motifs is 2. The van der Waals surface area contributed by atoms with Crippen molar-refractivity contribution in [2.24, 2.45) is 0 Å². The van der Waals surface area contributed by atoms with Crippen molar-refractivity contribution in [3.8, 4) is 39.8 Å². The predicted molar refractivity (Wildman–Crippen MR) is 168 cm³/mol. The molecule has 238 valence electrons. The molecule has 0 amide bonds. The van der Waals surface area contributed by atoms with E-state index in [0.29, 0.717) is 47.8 Å². The van der Waals surface area contributed by atoms with E-state index in [0.717, 1.165) is 64.3 Å². The zero-order valence-corrected chi connectivity index (χ0v) is 25.8. The van der Waals surface area contributed by atoms with Crippen LogP contribution in [-0.4, -0.2) is 63.6 Å². The first-order valence-electron chi connectivity index (χ1n) is 15.4. The van der Waals surface area contributed by atoms with Gasteiger partial charge in [0.25, 0.3) is 0 Å². The number of benzene rings is 3. The van der Waals surface area contributed by atoms with Gasteiger partial charge in [0.1, 0.15) is 23.1 Å². The van der Waals surface area contributed by atoms with E-state index in [2.05, 4.69) is 24.9 Å². The highest BCUT2D eigenvalue weighted by Gasteiger charge is 2.31. The lowest BCUT2D eigenvalue weighted by Crippen LogP contribution is -2.35. The van der Waals surface area contributed by atoms with Gasteiger partial charge in [0.15, 0.2) is 5.58 Å². The number of ether oxygens (including phenoxy) is 1. The van der Waals surface area contributed by atoms with Crippen LogP contribution in [0, 0.1) is 13.8 Å². The molecule has 0 aliphatic carbocycles. The highest BCUT2D eigenvalue weighted by molar-refractivity contribution is 5.84. The lowest BCUT2D eigenvalue weighted by molar-refractivity contribution is -0.142. The standard InChI is InChI=1S/C35H34F2N4O5/c1-19-22(23-8-5-10-25(20(23)2)33-39-27-18-40(3)14-12-29(27)44-33)7-4-9-24(19)32-38-26-15-21(17-41-13-6-11-28(41)34(42)43)30(46-35(36)37)16-31(26)45-32/h4-5,7-10,15-16,28,35H,6,11-14,17-18H2,1-3H3,(H,42,43)/t28-/m0/s1. The van der Waals surface area contributed by atoms with Crippen LogP contribution in [0.15, 0.2) is 57.4 Å². The van der Waals surface area contributed by atoms with Crippen molar-refractivity contribution in [2.45, 2.75) is 58.9 Å². The van der Waals surface area contributed by atoms with Crippen molar-refractivity contribution < 1.29 is 32.3 Å². The summed E-state index contributed by atoms with van der Waals surface area (Å²) in [5.74, 6) is 0.923. The summed E-state index contributed by atoms with van der Waals surface area (Å²) in [6.07, 6.45) is 2.06. The molecule has 46 heavy (non-hydrogen) atoms. The molecule has 1 atom stereocenters. The molecule has 1 saturated heterocycles. The molecule has 9 nitrogen and oxygen atoms in total. The lowest BCUT2D eigenvalue weighted by Gasteiger charge is -2.22. The Bertz CT molecular complexity index is 1950. The minimum atomic E-state index is -3.05. The van der Waals surface area contributed by atoms with Crippen LogP contribution in [0.25, 0.3) is 45.1 Å². The zero-order valence-electron chi connectivity index (χ0n) is 25.8. The number of carboxylic acid groups (broad SMARTS) is 1. The van der Waals surface area contributed by atoms with Crippen LogP contribution < -0.4 is 4.74 Å². The number of rotatable bonds is 8. The number of nitrogens with zero attached hydrogens (tertiary/aromatic N) is 4. The third-order valence-corrected chi connectivity index (χ3v) is 9.15. The number of hydrogen-bond donors (Lipinski definition) is 1. The maximum absolute atomic E-state index is 13.4. The van der Waals surface area contributed by atoms with Crippen molar-refractivity contribution in [1.29, 1.82) is 0 Å². The molecule has 0 unspecified atom stereocenters. The van der Waals surface area contributed by atoms with Gasteiger partial charge in [-0.25, -0.2) is 9.97 Å². The van der Waals surface area contributed by atoms with Crippen molar-refractivity contribution in [3.63, 3.8) is 0 Å². The van der Waals surface area contributed by atoms with Gasteiger partial charge in [-0.15, -0.1) is 0 Å².